The third-order valence-corrected chi connectivity index (χ3v) is 4.15. The Kier molecular flexibility index (Phi) is 5.21. The summed E-state index contributed by atoms with van der Waals surface area (Å²) in [6.07, 6.45) is 8.92. The lowest BCUT2D eigenvalue weighted by molar-refractivity contribution is -0.138. The van der Waals surface area contributed by atoms with Gasteiger partial charge in [-0.05, 0) is 24.6 Å². The van der Waals surface area contributed by atoms with Gasteiger partial charge >= 0.3 is 5.97 Å². The summed E-state index contributed by atoms with van der Waals surface area (Å²) >= 11 is 0. The molecule has 2 aliphatic rings. The number of benzene rings is 1. The van der Waals surface area contributed by atoms with E-state index in [2.05, 4.69) is 29.6 Å². The van der Waals surface area contributed by atoms with Crippen molar-refractivity contribution < 1.29 is 14.3 Å². The number of carbonyl (C=O) groups excluding carboxylic acids is 1. The first-order chi connectivity index (χ1) is 12.1. The second-order valence-electron chi connectivity index (χ2n) is 6.09. The van der Waals surface area contributed by atoms with E-state index in [0.29, 0.717) is 18.6 Å². The highest BCUT2D eigenvalue weighted by molar-refractivity contribution is 5.86. The van der Waals surface area contributed by atoms with Crippen molar-refractivity contribution in [2.24, 2.45) is 0 Å². The van der Waals surface area contributed by atoms with Gasteiger partial charge in [0.2, 0.25) is 0 Å². The predicted molar refractivity (Wildman–Crippen MR) is 97.1 cm³/mol. The third-order valence-electron chi connectivity index (χ3n) is 4.15. The van der Waals surface area contributed by atoms with Gasteiger partial charge in [-0.25, -0.2) is 20.8 Å². The third kappa shape index (κ3) is 3.92. The molecule has 1 saturated heterocycles. The summed E-state index contributed by atoms with van der Waals surface area (Å²) < 4.78 is 10.7. The van der Waals surface area contributed by atoms with E-state index < -0.39 is 0 Å². The number of fused-ring (bicyclic) bond motifs is 1. The van der Waals surface area contributed by atoms with E-state index >= 15 is 0 Å². The van der Waals surface area contributed by atoms with Crippen molar-refractivity contribution in [3.8, 4) is 5.75 Å². The molecule has 3 rings (SSSR count). The summed E-state index contributed by atoms with van der Waals surface area (Å²) in [4.78, 5) is 11.5. The largest absolute Gasteiger partial charge is 0.494 e. The van der Waals surface area contributed by atoms with E-state index in [4.69, 9.17) is 9.47 Å². The molecule has 1 aliphatic carbocycles. The van der Waals surface area contributed by atoms with E-state index in [1.807, 2.05) is 35.5 Å². The molecule has 2 unspecified atom stereocenters. The number of allylic oxidation sites excluding steroid dienone is 2. The molecule has 25 heavy (non-hydrogen) atoms. The minimum atomic E-state index is -0.362. The van der Waals surface area contributed by atoms with Gasteiger partial charge in [0.1, 0.15) is 11.4 Å². The van der Waals surface area contributed by atoms with Crippen LogP contribution in [0, 0.1) is 0 Å². The molecule has 0 amide bonds. The van der Waals surface area contributed by atoms with Crippen molar-refractivity contribution >= 4 is 11.7 Å². The Hall–Kier alpha value is -2.57. The van der Waals surface area contributed by atoms with Crippen LogP contribution in [0.25, 0.3) is 0 Å². The second-order valence-corrected chi connectivity index (χ2v) is 6.09. The number of anilines is 1. The number of nitrogens with zero attached hydrogens (tertiary/aromatic N) is 1. The lowest BCUT2D eigenvalue weighted by Gasteiger charge is -2.22. The Morgan fingerprint density at radius 3 is 2.52 bits per heavy atom. The Labute approximate surface area is 147 Å². The number of methoxy groups -OCH3 is 1. The molecule has 1 aromatic carbocycles. The molecular weight excluding hydrogens is 318 g/mol. The van der Waals surface area contributed by atoms with Gasteiger partial charge in [-0.3, -0.25) is 0 Å². The maximum Gasteiger partial charge on any atom is 0.333 e. The van der Waals surface area contributed by atoms with Gasteiger partial charge in [-0.1, -0.05) is 36.9 Å². The number of ether oxygens (including phenoxy) is 2. The number of nitrogens with one attached hydrogen (secondary N) is 2. The van der Waals surface area contributed by atoms with Crippen LogP contribution in [-0.4, -0.2) is 31.8 Å². The van der Waals surface area contributed by atoms with Gasteiger partial charge in [0, 0.05) is 12.0 Å². The Morgan fingerprint density at radius 2 is 1.92 bits per heavy atom. The molecule has 0 radical (unpaired) electrons. The van der Waals surface area contributed by atoms with Gasteiger partial charge < -0.3 is 9.47 Å². The predicted octanol–water partition coefficient (Wildman–Crippen LogP) is 2.05. The van der Waals surface area contributed by atoms with Gasteiger partial charge in [-0.2, -0.15) is 0 Å². The highest BCUT2D eigenvalue weighted by atomic mass is 16.5. The molecule has 6 nitrogen and oxygen atoms in total. The van der Waals surface area contributed by atoms with Crippen molar-refractivity contribution in [3.63, 3.8) is 0 Å². The molecule has 0 spiro atoms. The summed E-state index contributed by atoms with van der Waals surface area (Å²) in [5.74, 6) is 0.397. The molecule has 1 fully saturated rings. The van der Waals surface area contributed by atoms with E-state index in [9.17, 15) is 4.79 Å². The molecule has 2 atom stereocenters. The fourth-order valence-electron chi connectivity index (χ4n) is 2.78. The number of carbonyl (C=O) groups is 1. The lowest BCUT2D eigenvalue weighted by Crippen LogP contribution is -2.40. The van der Waals surface area contributed by atoms with Crippen molar-refractivity contribution in [3.05, 3.63) is 60.2 Å². The van der Waals surface area contributed by atoms with Crippen molar-refractivity contribution in [2.45, 2.75) is 25.4 Å². The number of esters is 1. The van der Waals surface area contributed by atoms with Crippen molar-refractivity contribution in [1.82, 2.24) is 10.9 Å². The molecule has 0 bridgehead atoms. The Balaban J connectivity index is 1.70. The first-order valence-corrected chi connectivity index (χ1v) is 8.25. The monoisotopic (exact) mass is 341 g/mol. The van der Waals surface area contributed by atoms with Crippen LogP contribution in [0.1, 0.15) is 12.5 Å². The zero-order chi connectivity index (χ0) is 17.8. The van der Waals surface area contributed by atoms with Crippen LogP contribution in [0.2, 0.25) is 0 Å². The summed E-state index contributed by atoms with van der Waals surface area (Å²) in [5.41, 5.74) is 9.16. The van der Waals surface area contributed by atoms with E-state index in [-0.39, 0.29) is 18.1 Å². The van der Waals surface area contributed by atoms with E-state index in [0.717, 1.165) is 17.0 Å². The zero-order valence-corrected chi connectivity index (χ0v) is 14.5. The maximum atomic E-state index is 11.5. The smallest absolute Gasteiger partial charge is 0.333 e. The van der Waals surface area contributed by atoms with Crippen LogP contribution in [0.3, 0.4) is 0 Å². The highest BCUT2D eigenvalue weighted by Gasteiger charge is 2.31. The zero-order valence-electron chi connectivity index (χ0n) is 14.5. The SMILES string of the molecule is C=C(C)C(=O)OCCc1ccc(OC)c(N2NC3C=CC=CC3N2)c1. The van der Waals surface area contributed by atoms with E-state index in [1.165, 1.54) is 0 Å². The molecule has 1 aromatic rings. The van der Waals surface area contributed by atoms with Crippen LogP contribution in [0.5, 0.6) is 5.75 Å². The van der Waals surface area contributed by atoms with Crippen LogP contribution >= 0.6 is 0 Å². The summed E-state index contributed by atoms with van der Waals surface area (Å²) in [6, 6.07) is 6.32. The maximum absolute atomic E-state index is 11.5. The number of rotatable bonds is 6. The van der Waals surface area contributed by atoms with Crippen molar-refractivity contribution in [2.75, 3.05) is 18.8 Å². The first-order valence-electron chi connectivity index (χ1n) is 8.25. The molecule has 1 aliphatic heterocycles. The summed E-state index contributed by atoms with van der Waals surface area (Å²) in [6.45, 7) is 5.53. The first kappa shape index (κ1) is 17.3. The van der Waals surface area contributed by atoms with Crippen LogP contribution in [0.4, 0.5) is 5.69 Å². The Bertz CT molecular complexity index is 707. The quantitative estimate of drug-likeness (QED) is 0.610. The summed E-state index contributed by atoms with van der Waals surface area (Å²) in [5, 5.41) is 1.89. The number of hydrogen-bond donors (Lipinski definition) is 2. The standard InChI is InChI=1S/C19H23N3O3/c1-13(2)19(23)25-11-10-14-8-9-18(24-3)17(12-14)22-20-15-6-4-5-7-16(15)21-22/h4-9,12,15-16,20-21H,1,10-11H2,2-3H3. The van der Waals surface area contributed by atoms with Crippen LogP contribution < -0.4 is 20.7 Å². The number of hydrazine groups is 2. The van der Waals surface area contributed by atoms with Crippen molar-refractivity contribution in [1.29, 1.82) is 0 Å². The topological polar surface area (TPSA) is 62.8 Å². The molecule has 0 saturated carbocycles. The molecule has 132 valence electrons. The second kappa shape index (κ2) is 7.55. The van der Waals surface area contributed by atoms with Crippen LogP contribution in [-0.2, 0) is 16.0 Å². The normalized spacial score (nSPS) is 21.1. The van der Waals surface area contributed by atoms with Gasteiger partial charge in [0.05, 0.1) is 25.8 Å². The molecular formula is C19H23N3O3. The average Bonchev–Trinajstić information content (AvgIpc) is 3.05. The molecule has 6 heteroatoms. The molecule has 2 N–H and O–H groups in total. The highest BCUT2D eigenvalue weighted by Crippen LogP contribution is 2.30. The van der Waals surface area contributed by atoms with Crippen LogP contribution in [0.15, 0.2) is 54.7 Å². The minimum absolute atomic E-state index is 0.204. The lowest BCUT2D eigenvalue weighted by atomic mass is 10.1. The summed E-state index contributed by atoms with van der Waals surface area (Å²) in [7, 11) is 1.65. The van der Waals surface area contributed by atoms with Gasteiger partial charge in [-0.15, -0.1) is 0 Å². The fraction of sp³-hybridized carbons (Fsp3) is 0.316. The van der Waals surface area contributed by atoms with Gasteiger partial charge in [0.25, 0.3) is 0 Å². The van der Waals surface area contributed by atoms with E-state index in [1.54, 1.807) is 14.0 Å². The number of hydrogen-bond acceptors (Lipinski definition) is 6. The minimum Gasteiger partial charge on any atom is -0.494 e. The Morgan fingerprint density at radius 1 is 1.24 bits per heavy atom. The fourth-order valence-corrected chi connectivity index (χ4v) is 2.78. The molecule has 0 aromatic heterocycles. The van der Waals surface area contributed by atoms with Gasteiger partial charge in [0.15, 0.2) is 0 Å². The average molecular weight is 341 g/mol. The molecule has 1 heterocycles.